The van der Waals surface area contributed by atoms with Gasteiger partial charge in [-0.25, -0.2) is 0 Å². The number of hydrogen-bond donors (Lipinski definition) is 3. The third-order valence-electron chi connectivity index (χ3n) is 1.85. The van der Waals surface area contributed by atoms with E-state index in [1.165, 1.54) is 6.92 Å². The van der Waals surface area contributed by atoms with Crippen molar-refractivity contribution in [1.82, 2.24) is 5.32 Å². The van der Waals surface area contributed by atoms with E-state index in [1.807, 2.05) is 6.07 Å². The molecular formula is C11H13BrN2O3. The number of carbonyl (C=O) groups is 2. The number of halogens is 1. The molecule has 17 heavy (non-hydrogen) atoms. The number of amides is 2. The molecule has 0 saturated heterocycles. The van der Waals surface area contributed by atoms with Crippen molar-refractivity contribution in [3.63, 3.8) is 0 Å². The van der Waals surface area contributed by atoms with E-state index >= 15 is 0 Å². The van der Waals surface area contributed by atoms with Crippen LogP contribution in [0.5, 0.6) is 0 Å². The Morgan fingerprint density at radius 2 is 2.12 bits per heavy atom. The minimum absolute atomic E-state index is 0.0464. The van der Waals surface area contributed by atoms with Crippen molar-refractivity contribution in [2.24, 2.45) is 0 Å². The van der Waals surface area contributed by atoms with Gasteiger partial charge in [-0.2, -0.15) is 0 Å². The summed E-state index contributed by atoms with van der Waals surface area (Å²) < 4.78 is 0.805. The second-order valence-electron chi connectivity index (χ2n) is 3.52. The van der Waals surface area contributed by atoms with Crippen molar-refractivity contribution in [3.05, 3.63) is 28.7 Å². The van der Waals surface area contributed by atoms with E-state index in [0.29, 0.717) is 5.69 Å². The molecule has 1 aromatic rings. The molecule has 0 fully saturated rings. The summed E-state index contributed by atoms with van der Waals surface area (Å²) in [7, 11) is 0. The molecular weight excluding hydrogens is 288 g/mol. The van der Waals surface area contributed by atoms with E-state index in [4.69, 9.17) is 5.11 Å². The number of nitrogens with one attached hydrogen (secondary N) is 2. The number of benzene rings is 1. The average Bonchev–Trinajstić information content (AvgIpc) is 2.25. The summed E-state index contributed by atoms with van der Waals surface area (Å²) >= 11 is 3.25. The number of aliphatic hydroxyl groups excluding tert-OH is 1. The molecule has 3 N–H and O–H groups in total. The van der Waals surface area contributed by atoms with Crippen LogP contribution in [0, 0.1) is 0 Å². The quantitative estimate of drug-likeness (QED) is 0.725. The third kappa shape index (κ3) is 4.97. The van der Waals surface area contributed by atoms with Gasteiger partial charge in [0, 0.05) is 16.7 Å². The van der Waals surface area contributed by atoms with Gasteiger partial charge in [-0.3, -0.25) is 9.59 Å². The van der Waals surface area contributed by atoms with Crippen molar-refractivity contribution in [3.8, 4) is 0 Å². The SMILES string of the molecule is CC(O)CNC(=O)C(=O)Nc1cccc(Br)c1. The Morgan fingerprint density at radius 3 is 2.71 bits per heavy atom. The topological polar surface area (TPSA) is 78.4 Å². The fourth-order valence-electron chi connectivity index (χ4n) is 1.07. The van der Waals surface area contributed by atoms with Crippen LogP contribution in [-0.4, -0.2) is 29.6 Å². The Bertz CT molecular complexity index is 421. The second-order valence-corrected chi connectivity index (χ2v) is 4.44. The lowest BCUT2D eigenvalue weighted by Crippen LogP contribution is -2.38. The lowest BCUT2D eigenvalue weighted by molar-refractivity contribution is -0.136. The van der Waals surface area contributed by atoms with Crippen LogP contribution in [0.2, 0.25) is 0 Å². The van der Waals surface area contributed by atoms with E-state index in [-0.39, 0.29) is 6.54 Å². The number of carbonyl (C=O) groups excluding carboxylic acids is 2. The van der Waals surface area contributed by atoms with E-state index < -0.39 is 17.9 Å². The van der Waals surface area contributed by atoms with Gasteiger partial charge < -0.3 is 15.7 Å². The molecule has 1 atom stereocenters. The number of anilines is 1. The highest BCUT2D eigenvalue weighted by Gasteiger charge is 2.13. The summed E-state index contributed by atoms with van der Waals surface area (Å²) in [5.74, 6) is -1.53. The van der Waals surface area contributed by atoms with E-state index in [2.05, 4.69) is 26.6 Å². The minimum atomic E-state index is -0.772. The highest BCUT2D eigenvalue weighted by atomic mass is 79.9. The van der Waals surface area contributed by atoms with Crippen molar-refractivity contribution in [1.29, 1.82) is 0 Å². The first-order chi connectivity index (χ1) is 7.99. The molecule has 5 nitrogen and oxygen atoms in total. The lowest BCUT2D eigenvalue weighted by atomic mass is 10.3. The molecule has 1 unspecified atom stereocenters. The summed E-state index contributed by atoms with van der Waals surface area (Å²) in [5, 5.41) is 13.7. The molecule has 0 radical (unpaired) electrons. The maximum Gasteiger partial charge on any atom is 0.313 e. The molecule has 0 bridgehead atoms. The van der Waals surface area contributed by atoms with Gasteiger partial charge in [0.2, 0.25) is 0 Å². The van der Waals surface area contributed by atoms with E-state index in [9.17, 15) is 9.59 Å². The first-order valence-electron chi connectivity index (χ1n) is 5.02. The zero-order chi connectivity index (χ0) is 12.8. The zero-order valence-electron chi connectivity index (χ0n) is 9.24. The normalized spacial score (nSPS) is 11.7. The zero-order valence-corrected chi connectivity index (χ0v) is 10.8. The fourth-order valence-corrected chi connectivity index (χ4v) is 1.47. The first-order valence-corrected chi connectivity index (χ1v) is 5.81. The summed E-state index contributed by atoms with van der Waals surface area (Å²) in [5.41, 5.74) is 0.525. The molecule has 0 aliphatic carbocycles. The molecule has 1 rings (SSSR count). The van der Waals surface area contributed by atoms with Crippen molar-refractivity contribution >= 4 is 33.4 Å². The third-order valence-corrected chi connectivity index (χ3v) is 2.34. The van der Waals surface area contributed by atoms with Crippen LogP contribution >= 0.6 is 15.9 Å². The van der Waals surface area contributed by atoms with Gasteiger partial charge >= 0.3 is 11.8 Å². The Balaban J connectivity index is 2.51. The molecule has 0 aliphatic rings. The summed E-state index contributed by atoms with van der Waals surface area (Å²) in [6, 6.07) is 6.90. The standard InChI is InChI=1S/C11H13BrN2O3/c1-7(15)6-13-10(16)11(17)14-9-4-2-3-8(12)5-9/h2-5,7,15H,6H2,1H3,(H,13,16)(H,14,17). The van der Waals surface area contributed by atoms with Gasteiger partial charge in [-0.05, 0) is 25.1 Å². The number of rotatable bonds is 3. The first kappa shape index (κ1) is 13.7. The van der Waals surface area contributed by atoms with Crippen molar-refractivity contribution < 1.29 is 14.7 Å². The Hall–Kier alpha value is -1.40. The minimum Gasteiger partial charge on any atom is -0.392 e. The molecule has 0 heterocycles. The predicted molar refractivity (Wildman–Crippen MR) is 67.5 cm³/mol. The molecule has 0 saturated carbocycles. The molecule has 0 aliphatic heterocycles. The van der Waals surface area contributed by atoms with Crippen LogP contribution in [0.3, 0.4) is 0 Å². The van der Waals surface area contributed by atoms with Gasteiger partial charge in [0.05, 0.1) is 6.10 Å². The van der Waals surface area contributed by atoms with Gasteiger partial charge in [-0.1, -0.05) is 22.0 Å². The van der Waals surface area contributed by atoms with Gasteiger partial charge in [-0.15, -0.1) is 0 Å². The summed E-state index contributed by atoms with van der Waals surface area (Å²) in [6.45, 7) is 1.57. The van der Waals surface area contributed by atoms with Crippen molar-refractivity contribution in [2.45, 2.75) is 13.0 Å². The van der Waals surface area contributed by atoms with Crippen LogP contribution in [0.1, 0.15) is 6.92 Å². The molecule has 0 aromatic heterocycles. The molecule has 92 valence electrons. The molecule has 1 aromatic carbocycles. The monoisotopic (exact) mass is 300 g/mol. The molecule has 6 heteroatoms. The largest absolute Gasteiger partial charge is 0.392 e. The second kappa shape index (κ2) is 6.36. The van der Waals surface area contributed by atoms with Gasteiger partial charge in [0.15, 0.2) is 0 Å². The predicted octanol–water partition coefficient (Wildman–Crippen LogP) is 0.885. The Morgan fingerprint density at radius 1 is 1.41 bits per heavy atom. The summed E-state index contributed by atoms with van der Waals surface area (Å²) in [4.78, 5) is 22.7. The smallest absolute Gasteiger partial charge is 0.313 e. The molecule has 2 amide bonds. The van der Waals surface area contributed by atoms with Gasteiger partial charge in [0.1, 0.15) is 0 Å². The summed E-state index contributed by atoms with van der Waals surface area (Å²) in [6.07, 6.45) is -0.683. The van der Waals surface area contributed by atoms with E-state index in [0.717, 1.165) is 4.47 Å². The van der Waals surface area contributed by atoms with Crippen LogP contribution < -0.4 is 10.6 Å². The Kier molecular flexibility index (Phi) is 5.11. The maximum atomic E-state index is 11.4. The maximum absolute atomic E-state index is 11.4. The van der Waals surface area contributed by atoms with Crippen LogP contribution in [0.25, 0.3) is 0 Å². The molecule has 0 spiro atoms. The van der Waals surface area contributed by atoms with Gasteiger partial charge in [0.25, 0.3) is 0 Å². The van der Waals surface area contributed by atoms with E-state index in [1.54, 1.807) is 18.2 Å². The Labute approximate surface area is 107 Å². The van der Waals surface area contributed by atoms with Crippen LogP contribution in [0.15, 0.2) is 28.7 Å². The fraction of sp³-hybridized carbons (Fsp3) is 0.273. The van der Waals surface area contributed by atoms with Crippen LogP contribution in [0.4, 0.5) is 5.69 Å². The number of aliphatic hydroxyl groups is 1. The number of hydrogen-bond acceptors (Lipinski definition) is 3. The van der Waals surface area contributed by atoms with Crippen LogP contribution in [-0.2, 0) is 9.59 Å². The highest BCUT2D eigenvalue weighted by molar-refractivity contribution is 9.10. The highest BCUT2D eigenvalue weighted by Crippen LogP contribution is 2.15. The van der Waals surface area contributed by atoms with Crippen molar-refractivity contribution in [2.75, 3.05) is 11.9 Å². The lowest BCUT2D eigenvalue weighted by Gasteiger charge is -2.07. The average molecular weight is 301 g/mol.